The number of hydrogen-bond donors (Lipinski definition) is 1. The van der Waals surface area contributed by atoms with Gasteiger partial charge in [0.2, 0.25) is 0 Å². The minimum atomic E-state index is 0.313. The molecule has 0 radical (unpaired) electrons. The quantitative estimate of drug-likeness (QED) is 0.667. The van der Waals surface area contributed by atoms with Gasteiger partial charge in [-0.3, -0.25) is 4.98 Å². The number of pyridine rings is 1. The van der Waals surface area contributed by atoms with Gasteiger partial charge in [-0.15, -0.1) is 0 Å². The molecule has 1 aromatic heterocycles. The summed E-state index contributed by atoms with van der Waals surface area (Å²) in [5, 5.41) is 10.3. The highest BCUT2D eigenvalue weighted by Crippen LogP contribution is 2.33. The Kier molecular flexibility index (Phi) is 5.07. The first-order chi connectivity index (χ1) is 11.8. The summed E-state index contributed by atoms with van der Waals surface area (Å²) in [6, 6.07) is 19.8. The molecule has 1 N–H and O–H groups in total. The lowest BCUT2D eigenvalue weighted by molar-refractivity contribution is 0.477. The molecule has 0 aliphatic carbocycles. The molecule has 3 rings (SSSR count). The molecule has 2 aromatic carbocycles. The third-order valence-corrected chi connectivity index (χ3v) is 3.97. The van der Waals surface area contributed by atoms with E-state index in [1.807, 2.05) is 54.6 Å². The first kappa shape index (κ1) is 16.0. The molecule has 0 saturated carbocycles. The highest BCUT2D eigenvalue weighted by molar-refractivity contribution is 5.83. The molecule has 0 amide bonds. The molecule has 120 valence electrons. The summed E-state index contributed by atoms with van der Waals surface area (Å²) < 4.78 is 0. The van der Waals surface area contributed by atoms with Gasteiger partial charge in [0.25, 0.3) is 0 Å². The molecule has 0 aliphatic rings. The van der Waals surface area contributed by atoms with E-state index in [4.69, 9.17) is 0 Å². The van der Waals surface area contributed by atoms with E-state index in [1.54, 1.807) is 12.3 Å². The summed E-state index contributed by atoms with van der Waals surface area (Å²) in [6.07, 6.45) is 7.92. The van der Waals surface area contributed by atoms with Crippen molar-refractivity contribution in [1.82, 2.24) is 4.98 Å². The minimum Gasteiger partial charge on any atom is -0.507 e. The van der Waals surface area contributed by atoms with Gasteiger partial charge in [0.1, 0.15) is 5.75 Å². The Labute approximate surface area is 143 Å². The molecule has 0 saturated heterocycles. The van der Waals surface area contributed by atoms with Gasteiger partial charge in [-0.25, -0.2) is 0 Å². The molecule has 3 aromatic rings. The topological polar surface area (TPSA) is 33.1 Å². The Morgan fingerprint density at radius 1 is 0.917 bits per heavy atom. The number of rotatable bonds is 5. The maximum absolute atomic E-state index is 10.3. The second kappa shape index (κ2) is 7.60. The fourth-order valence-corrected chi connectivity index (χ4v) is 2.78. The normalized spacial score (nSPS) is 11.0. The first-order valence-electron chi connectivity index (χ1n) is 8.28. The lowest BCUT2D eigenvalue weighted by Crippen LogP contribution is -1.88. The molecule has 0 unspecified atom stereocenters. The number of phenols is 1. The highest BCUT2D eigenvalue weighted by atomic mass is 16.3. The van der Waals surface area contributed by atoms with Gasteiger partial charge < -0.3 is 5.11 Å². The summed E-state index contributed by atoms with van der Waals surface area (Å²) >= 11 is 0. The number of benzene rings is 2. The monoisotopic (exact) mass is 315 g/mol. The van der Waals surface area contributed by atoms with Crippen molar-refractivity contribution in [3.05, 3.63) is 83.7 Å². The van der Waals surface area contributed by atoms with Crippen LogP contribution < -0.4 is 0 Å². The zero-order valence-corrected chi connectivity index (χ0v) is 13.8. The third kappa shape index (κ3) is 3.72. The van der Waals surface area contributed by atoms with Crippen molar-refractivity contribution in [2.45, 2.75) is 19.8 Å². The van der Waals surface area contributed by atoms with Crippen molar-refractivity contribution in [2.75, 3.05) is 0 Å². The fourth-order valence-electron chi connectivity index (χ4n) is 2.78. The van der Waals surface area contributed by atoms with Crippen LogP contribution in [-0.4, -0.2) is 10.1 Å². The van der Waals surface area contributed by atoms with E-state index >= 15 is 0 Å². The number of aromatic hydroxyl groups is 1. The standard InChI is InChI=1S/C22H21NO/c1-2-7-17-11-14-22(24)21(16-17)20-10-4-3-8-18(20)12-13-19-9-5-6-15-23-19/h3-6,8-16,24H,2,7H2,1H3/b13-12+. The van der Waals surface area contributed by atoms with E-state index in [1.165, 1.54) is 5.56 Å². The number of aryl methyl sites for hydroxylation is 1. The molecule has 0 fully saturated rings. The average molecular weight is 315 g/mol. The molecule has 24 heavy (non-hydrogen) atoms. The Morgan fingerprint density at radius 3 is 2.54 bits per heavy atom. The van der Waals surface area contributed by atoms with E-state index in [9.17, 15) is 5.11 Å². The lowest BCUT2D eigenvalue weighted by Gasteiger charge is -2.10. The Morgan fingerprint density at radius 2 is 1.75 bits per heavy atom. The number of phenolic OH excluding ortho intramolecular Hbond substituents is 1. The molecule has 0 bridgehead atoms. The summed E-state index contributed by atoms with van der Waals surface area (Å²) in [6.45, 7) is 2.16. The zero-order valence-electron chi connectivity index (χ0n) is 13.8. The summed E-state index contributed by atoms with van der Waals surface area (Å²) in [5.41, 5.74) is 5.12. The van der Waals surface area contributed by atoms with Gasteiger partial charge in [0.05, 0.1) is 5.69 Å². The van der Waals surface area contributed by atoms with Crippen LogP contribution in [0, 0.1) is 0 Å². The maximum atomic E-state index is 10.3. The second-order valence-corrected chi connectivity index (χ2v) is 5.78. The Bertz CT molecular complexity index is 838. The van der Waals surface area contributed by atoms with E-state index in [-0.39, 0.29) is 0 Å². The van der Waals surface area contributed by atoms with Crippen molar-refractivity contribution in [3.63, 3.8) is 0 Å². The molecule has 2 heteroatoms. The number of hydrogen-bond acceptors (Lipinski definition) is 2. The Balaban J connectivity index is 2.01. The maximum Gasteiger partial charge on any atom is 0.123 e. The predicted molar refractivity (Wildman–Crippen MR) is 101 cm³/mol. The molecular formula is C22H21NO. The van der Waals surface area contributed by atoms with Crippen molar-refractivity contribution >= 4 is 12.2 Å². The summed E-state index contributed by atoms with van der Waals surface area (Å²) in [5.74, 6) is 0.313. The van der Waals surface area contributed by atoms with Crippen molar-refractivity contribution < 1.29 is 5.11 Å². The van der Waals surface area contributed by atoms with Gasteiger partial charge in [-0.2, -0.15) is 0 Å². The molecule has 1 heterocycles. The Hall–Kier alpha value is -2.87. The second-order valence-electron chi connectivity index (χ2n) is 5.78. The minimum absolute atomic E-state index is 0.313. The van der Waals surface area contributed by atoms with Crippen molar-refractivity contribution in [1.29, 1.82) is 0 Å². The molecule has 0 atom stereocenters. The van der Waals surface area contributed by atoms with Crippen LogP contribution in [0.25, 0.3) is 23.3 Å². The molecule has 0 aliphatic heterocycles. The molecule has 2 nitrogen and oxygen atoms in total. The smallest absolute Gasteiger partial charge is 0.123 e. The van der Waals surface area contributed by atoms with E-state index < -0.39 is 0 Å². The molecular weight excluding hydrogens is 294 g/mol. The third-order valence-electron chi connectivity index (χ3n) is 3.97. The van der Waals surface area contributed by atoms with Crippen LogP contribution in [0.2, 0.25) is 0 Å². The fraction of sp³-hybridized carbons (Fsp3) is 0.136. The van der Waals surface area contributed by atoms with Crippen LogP contribution in [0.3, 0.4) is 0 Å². The number of aromatic nitrogens is 1. The van der Waals surface area contributed by atoms with Crippen LogP contribution in [0.1, 0.15) is 30.2 Å². The van der Waals surface area contributed by atoms with Gasteiger partial charge in [-0.1, -0.05) is 55.8 Å². The van der Waals surface area contributed by atoms with Crippen LogP contribution >= 0.6 is 0 Å². The van der Waals surface area contributed by atoms with Gasteiger partial charge in [0, 0.05) is 11.8 Å². The van der Waals surface area contributed by atoms with Crippen LogP contribution in [0.4, 0.5) is 0 Å². The molecule has 0 spiro atoms. The van der Waals surface area contributed by atoms with Gasteiger partial charge >= 0.3 is 0 Å². The van der Waals surface area contributed by atoms with Gasteiger partial charge in [0.15, 0.2) is 0 Å². The highest BCUT2D eigenvalue weighted by Gasteiger charge is 2.08. The van der Waals surface area contributed by atoms with Crippen molar-refractivity contribution in [2.24, 2.45) is 0 Å². The zero-order chi connectivity index (χ0) is 16.8. The van der Waals surface area contributed by atoms with E-state index in [0.29, 0.717) is 5.75 Å². The summed E-state index contributed by atoms with van der Waals surface area (Å²) in [4.78, 5) is 4.32. The van der Waals surface area contributed by atoms with Crippen LogP contribution in [-0.2, 0) is 6.42 Å². The summed E-state index contributed by atoms with van der Waals surface area (Å²) in [7, 11) is 0. The average Bonchev–Trinajstić information content (AvgIpc) is 2.63. The van der Waals surface area contributed by atoms with Gasteiger partial charge in [-0.05, 0) is 53.5 Å². The van der Waals surface area contributed by atoms with Crippen LogP contribution in [0.5, 0.6) is 5.75 Å². The van der Waals surface area contributed by atoms with E-state index in [2.05, 4.69) is 24.0 Å². The van der Waals surface area contributed by atoms with Crippen molar-refractivity contribution in [3.8, 4) is 16.9 Å². The van der Waals surface area contributed by atoms with E-state index in [0.717, 1.165) is 35.2 Å². The number of nitrogens with zero attached hydrogens (tertiary/aromatic N) is 1. The largest absolute Gasteiger partial charge is 0.507 e. The SMILES string of the molecule is CCCc1ccc(O)c(-c2ccccc2/C=C/c2ccccn2)c1. The van der Waals surface area contributed by atoms with Crippen LogP contribution in [0.15, 0.2) is 66.9 Å². The predicted octanol–water partition coefficient (Wildman–Crippen LogP) is 5.58. The first-order valence-corrected chi connectivity index (χ1v) is 8.28. The lowest BCUT2D eigenvalue weighted by atomic mass is 9.95.